The third kappa shape index (κ3) is 2.24. The van der Waals surface area contributed by atoms with E-state index in [1.54, 1.807) is 0 Å². The lowest BCUT2D eigenvalue weighted by Gasteiger charge is -2.08. The van der Waals surface area contributed by atoms with Gasteiger partial charge in [0.1, 0.15) is 18.2 Å². The Labute approximate surface area is 156 Å². The molecule has 3 nitrogen and oxygen atoms in total. The normalized spacial score (nSPS) is 11.3. The molecule has 0 bridgehead atoms. The fourth-order valence-corrected chi connectivity index (χ4v) is 3.93. The number of aryl methyl sites for hydroxylation is 2. The quantitative estimate of drug-likeness (QED) is 0.380. The van der Waals surface area contributed by atoms with E-state index in [0.29, 0.717) is 5.56 Å². The summed E-state index contributed by atoms with van der Waals surface area (Å²) < 4.78 is 8.45. The van der Waals surface area contributed by atoms with E-state index in [9.17, 15) is 5.26 Å². The Kier molecular flexibility index (Phi) is 3.29. The largest absolute Gasteiger partial charge is 0.455 e. The number of fused-ring (bicyclic) bond motifs is 4. The van der Waals surface area contributed by atoms with Crippen LogP contribution in [0.2, 0.25) is 0 Å². The second-order valence-electron chi connectivity index (χ2n) is 6.92. The zero-order chi connectivity index (χ0) is 18.5. The molecule has 0 saturated carbocycles. The van der Waals surface area contributed by atoms with Crippen molar-refractivity contribution in [2.75, 3.05) is 0 Å². The van der Waals surface area contributed by atoms with Gasteiger partial charge in [-0.15, -0.1) is 0 Å². The Morgan fingerprint density at radius 2 is 1.74 bits per heavy atom. The van der Waals surface area contributed by atoms with Crippen LogP contribution in [0.3, 0.4) is 0 Å². The second-order valence-corrected chi connectivity index (χ2v) is 6.92. The van der Waals surface area contributed by atoms with Crippen molar-refractivity contribution in [2.24, 2.45) is 7.05 Å². The van der Waals surface area contributed by atoms with Crippen molar-refractivity contribution in [3.05, 3.63) is 78.0 Å². The number of nitriles is 1. The van der Waals surface area contributed by atoms with E-state index >= 15 is 0 Å². The molecular formula is C24H17N2O+. The van der Waals surface area contributed by atoms with Gasteiger partial charge in [0.25, 0.3) is 0 Å². The molecule has 0 unspecified atom stereocenters. The van der Waals surface area contributed by atoms with Crippen LogP contribution in [0.25, 0.3) is 44.0 Å². The Balaban J connectivity index is 1.96. The van der Waals surface area contributed by atoms with Crippen molar-refractivity contribution in [1.82, 2.24) is 0 Å². The zero-order valence-corrected chi connectivity index (χ0v) is 15.2. The van der Waals surface area contributed by atoms with E-state index in [2.05, 4.69) is 73.3 Å². The van der Waals surface area contributed by atoms with Gasteiger partial charge >= 0.3 is 0 Å². The van der Waals surface area contributed by atoms with E-state index in [1.165, 1.54) is 10.8 Å². The summed E-state index contributed by atoms with van der Waals surface area (Å²) in [5, 5.41) is 13.7. The maximum Gasteiger partial charge on any atom is 0.224 e. The first kappa shape index (κ1) is 15.6. The Morgan fingerprint density at radius 1 is 0.926 bits per heavy atom. The molecule has 2 heterocycles. The molecule has 0 spiro atoms. The maximum atomic E-state index is 9.21. The van der Waals surface area contributed by atoms with E-state index in [-0.39, 0.29) is 0 Å². The Hall–Kier alpha value is -3.64. The first-order chi connectivity index (χ1) is 13.2. The zero-order valence-electron chi connectivity index (χ0n) is 15.2. The van der Waals surface area contributed by atoms with Crippen molar-refractivity contribution in [3.63, 3.8) is 0 Å². The Morgan fingerprint density at radius 3 is 2.59 bits per heavy atom. The summed E-state index contributed by atoms with van der Waals surface area (Å²) >= 11 is 0. The van der Waals surface area contributed by atoms with Gasteiger partial charge in [-0.3, -0.25) is 0 Å². The molecule has 0 aliphatic carbocycles. The van der Waals surface area contributed by atoms with Crippen LogP contribution < -0.4 is 4.57 Å². The van der Waals surface area contributed by atoms with Gasteiger partial charge in [-0.2, -0.15) is 5.26 Å². The highest BCUT2D eigenvalue weighted by Crippen LogP contribution is 2.39. The van der Waals surface area contributed by atoms with E-state index in [1.807, 2.05) is 18.2 Å². The lowest BCUT2D eigenvalue weighted by atomic mass is 9.97. The fourth-order valence-electron chi connectivity index (χ4n) is 3.93. The van der Waals surface area contributed by atoms with E-state index in [4.69, 9.17) is 4.42 Å². The van der Waals surface area contributed by atoms with Gasteiger partial charge in [0.15, 0.2) is 6.20 Å². The van der Waals surface area contributed by atoms with Crippen molar-refractivity contribution < 1.29 is 8.98 Å². The molecule has 0 amide bonds. The first-order valence-corrected chi connectivity index (χ1v) is 8.91. The van der Waals surface area contributed by atoms with Gasteiger partial charge in [-0.1, -0.05) is 30.3 Å². The average Bonchev–Trinajstić information content (AvgIpc) is 3.06. The molecule has 0 N–H and O–H groups in total. The van der Waals surface area contributed by atoms with Crippen LogP contribution >= 0.6 is 0 Å². The number of furan rings is 1. The van der Waals surface area contributed by atoms with Crippen LogP contribution in [-0.2, 0) is 7.05 Å². The number of rotatable bonds is 1. The fraction of sp³-hybridized carbons (Fsp3) is 0.0833. The molecule has 0 aliphatic heterocycles. The summed E-state index contributed by atoms with van der Waals surface area (Å²) in [6, 6.07) is 22.6. The number of nitrogens with zero attached hydrogens (tertiary/aromatic N) is 2. The highest BCUT2D eigenvalue weighted by atomic mass is 16.3. The highest BCUT2D eigenvalue weighted by molar-refractivity contribution is 6.11. The number of hydrogen-bond donors (Lipinski definition) is 0. The molecule has 3 aromatic carbocycles. The van der Waals surface area contributed by atoms with Gasteiger partial charge < -0.3 is 4.42 Å². The van der Waals surface area contributed by atoms with Gasteiger partial charge in [-0.25, -0.2) is 4.57 Å². The molecule has 0 radical (unpaired) electrons. The van der Waals surface area contributed by atoms with Crippen molar-refractivity contribution in [2.45, 2.75) is 6.92 Å². The third-order valence-corrected chi connectivity index (χ3v) is 5.26. The third-order valence-electron chi connectivity index (χ3n) is 5.26. The number of pyridine rings is 1. The van der Waals surface area contributed by atoms with Crippen LogP contribution in [0, 0.1) is 18.3 Å². The van der Waals surface area contributed by atoms with Gasteiger partial charge in [0, 0.05) is 16.8 Å². The summed E-state index contributed by atoms with van der Waals surface area (Å²) in [5.41, 5.74) is 5.62. The predicted molar refractivity (Wildman–Crippen MR) is 107 cm³/mol. The highest BCUT2D eigenvalue weighted by Gasteiger charge is 2.23. The van der Waals surface area contributed by atoms with Crippen LogP contribution in [0.1, 0.15) is 11.1 Å². The molecule has 0 atom stereocenters. The molecule has 3 heteroatoms. The number of hydrogen-bond acceptors (Lipinski definition) is 2. The first-order valence-electron chi connectivity index (χ1n) is 8.91. The summed E-state index contributed by atoms with van der Waals surface area (Å²) in [5.74, 6) is 0. The molecular weight excluding hydrogens is 332 g/mol. The van der Waals surface area contributed by atoms with Crippen LogP contribution in [0.5, 0.6) is 0 Å². The molecule has 0 saturated heterocycles. The topological polar surface area (TPSA) is 40.8 Å². The lowest BCUT2D eigenvalue weighted by molar-refractivity contribution is -0.659. The van der Waals surface area contributed by atoms with Crippen LogP contribution in [0.15, 0.2) is 71.3 Å². The van der Waals surface area contributed by atoms with Crippen LogP contribution in [0.4, 0.5) is 0 Å². The standard InChI is InChI=1S/C24H17N2O/c1-15-7-9-20-19-10-8-16(14-25)13-21(19)27-24(20)22(15)23-18-6-4-3-5-17(18)11-12-26(23)2/h3-13H,1-2H3/q+1. The molecule has 0 fully saturated rings. The minimum absolute atomic E-state index is 0.607. The summed E-state index contributed by atoms with van der Waals surface area (Å²) in [6.07, 6.45) is 2.09. The van der Waals surface area contributed by atoms with E-state index < -0.39 is 0 Å². The number of benzene rings is 3. The van der Waals surface area contributed by atoms with E-state index in [0.717, 1.165) is 38.8 Å². The maximum absolute atomic E-state index is 9.21. The minimum Gasteiger partial charge on any atom is -0.455 e. The lowest BCUT2D eigenvalue weighted by Crippen LogP contribution is -2.30. The molecule has 0 aliphatic rings. The smallest absolute Gasteiger partial charge is 0.224 e. The van der Waals surface area contributed by atoms with Crippen molar-refractivity contribution in [3.8, 4) is 17.3 Å². The predicted octanol–water partition coefficient (Wildman–Crippen LogP) is 5.41. The summed E-state index contributed by atoms with van der Waals surface area (Å²) in [7, 11) is 2.07. The average molecular weight is 349 g/mol. The van der Waals surface area contributed by atoms with Crippen molar-refractivity contribution >= 4 is 32.7 Å². The summed E-state index contributed by atoms with van der Waals surface area (Å²) in [6.45, 7) is 2.12. The summed E-state index contributed by atoms with van der Waals surface area (Å²) in [4.78, 5) is 0. The van der Waals surface area contributed by atoms with Gasteiger partial charge in [-0.05, 0) is 42.1 Å². The number of aromatic nitrogens is 1. The second kappa shape index (κ2) is 5.69. The molecule has 5 rings (SSSR count). The SMILES string of the molecule is Cc1ccc2c(oc3cc(C#N)ccc32)c1-c1c2ccccc2cc[n+]1C. The molecule has 5 aromatic rings. The van der Waals surface area contributed by atoms with Gasteiger partial charge in [0.05, 0.1) is 22.6 Å². The Bertz CT molecular complexity index is 1400. The molecule has 128 valence electrons. The van der Waals surface area contributed by atoms with Crippen molar-refractivity contribution in [1.29, 1.82) is 5.26 Å². The van der Waals surface area contributed by atoms with Crippen LogP contribution in [-0.4, -0.2) is 0 Å². The monoisotopic (exact) mass is 349 g/mol. The van der Waals surface area contributed by atoms with Gasteiger partial charge in [0.2, 0.25) is 5.69 Å². The molecule has 27 heavy (non-hydrogen) atoms. The molecule has 2 aromatic heterocycles. The minimum atomic E-state index is 0.607.